The Bertz CT molecular complexity index is 1620. The number of halogens is 1. The van der Waals surface area contributed by atoms with E-state index in [9.17, 15) is 9.59 Å². The Labute approximate surface area is 192 Å². The Morgan fingerprint density at radius 2 is 1.91 bits per heavy atom. The molecule has 0 radical (unpaired) electrons. The first kappa shape index (κ1) is 20.8. The summed E-state index contributed by atoms with van der Waals surface area (Å²) in [6.45, 7) is 3.57. The van der Waals surface area contributed by atoms with Crippen molar-refractivity contribution in [3.05, 3.63) is 80.7 Å². The molecular formula is C22H18ClN7O3. The number of hydrogen-bond acceptors (Lipinski definition) is 7. The van der Waals surface area contributed by atoms with Crippen molar-refractivity contribution in [2.24, 2.45) is 7.05 Å². The molecule has 0 spiro atoms. The third-order valence-corrected chi connectivity index (χ3v) is 5.58. The maximum atomic E-state index is 12.8. The number of aromatic nitrogens is 7. The third kappa shape index (κ3) is 3.44. The fourth-order valence-electron chi connectivity index (χ4n) is 3.74. The molecule has 10 nitrogen and oxygen atoms in total. The van der Waals surface area contributed by atoms with E-state index in [4.69, 9.17) is 16.3 Å². The Hall–Kier alpha value is -4.05. The van der Waals surface area contributed by atoms with Crippen molar-refractivity contribution in [3.8, 4) is 5.82 Å². The fourth-order valence-corrected chi connectivity index (χ4v) is 3.92. The van der Waals surface area contributed by atoms with Crippen molar-refractivity contribution in [2.45, 2.75) is 20.5 Å². The van der Waals surface area contributed by atoms with Gasteiger partial charge in [0.05, 0.1) is 21.6 Å². The highest BCUT2D eigenvalue weighted by Crippen LogP contribution is 2.20. The topological polar surface area (TPSA) is 109 Å². The van der Waals surface area contributed by atoms with Gasteiger partial charge in [-0.2, -0.15) is 5.10 Å². The molecule has 33 heavy (non-hydrogen) atoms. The quantitative estimate of drug-likeness (QED) is 0.377. The number of benzene rings is 1. The van der Waals surface area contributed by atoms with E-state index in [-0.39, 0.29) is 22.9 Å². The maximum absolute atomic E-state index is 12.8. The van der Waals surface area contributed by atoms with Crippen LogP contribution in [0.15, 0.2) is 47.3 Å². The number of aryl methyl sites for hydroxylation is 3. The molecule has 0 unspecified atom stereocenters. The zero-order valence-electron chi connectivity index (χ0n) is 18.0. The lowest BCUT2D eigenvalue weighted by molar-refractivity contribution is 0.0454. The smallest absolute Gasteiger partial charge is 0.359 e. The van der Waals surface area contributed by atoms with Crippen molar-refractivity contribution >= 4 is 34.3 Å². The molecular weight excluding hydrogens is 446 g/mol. The summed E-state index contributed by atoms with van der Waals surface area (Å²) in [4.78, 5) is 29.8. The lowest BCUT2D eigenvalue weighted by Crippen LogP contribution is -2.20. The van der Waals surface area contributed by atoms with Crippen LogP contribution in [-0.4, -0.2) is 39.9 Å². The SMILES string of the molecule is Cc1cc(C)n(-c2ccc(Cl)c(C(=O)OCc3nnc4n(C)c(=O)c5ccccc5n34)n2)n1. The highest BCUT2D eigenvalue weighted by molar-refractivity contribution is 6.33. The molecule has 166 valence electrons. The summed E-state index contributed by atoms with van der Waals surface area (Å²) in [5, 5.41) is 13.3. The Morgan fingerprint density at radius 1 is 1.12 bits per heavy atom. The minimum atomic E-state index is -0.714. The third-order valence-electron chi connectivity index (χ3n) is 5.28. The van der Waals surface area contributed by atoms with Crippen molar-refractivity contribution in [2.75, 3.05) is 0 Å². The molecule has 0 fully saturated rings. The zero-order chi connectivity index (χ0) is 23.3. The van der Waals surface area contributed by atoms with Gasteiger partial charge in [0.1, 0.15) is 0 Å². The number of para-hydroxylation sites is 1. The summed E-state index contributed by atoms with van der Waals surface area (Å²) in [6.07, 6.45) is 0. The van der Waals surface area contributed by atoms with Gasteiger partial charge in [0, 0.05) is 12.7 Å². The number of hydrogen-bond donors (Lipinski definition) is 0. The molecule has 0 aliphatic rings. The summed E-state index contributed by atoms with van der Waals surface area (Å²) in [5.41, 5.74) is 2.09. The molecule has 5 rings (SSSR count). The maximum Gasteiger partial charge on any atom is 0.359 e. The van der Waals surface area contributed by atoms with Gasteiger partial charge in [0.2, 0.25) is 5.78 Å². The number of fused-ring (bicyclic) bond motifs is 3. The van der Waals surface area contributed by atoms with Gasteiger partial charge in [-0.3, -0.25) is 13.8 Å². The van der Waals surface area contributed by atoms with Crippen LogP contribution in [0, 0.1) is 13.8 Å². The summed E-state index contributed by atoms with van der Waals surface area (Å²) in [6, 6.07) is 12.3. The van der Waals surface area contributed by atoms with Crippen LogP contribution in [0.5, 0.6) is 0 Å². The number of carbonyl (C=O) groups excluding carboxylic acids is 1. The number of esters is 1. The van der Waals surface area contributed by atoms with Gasteiger partial charge in [-0.1, -0.05) is 23.7 Å². The molecule has 1 aromatic carbocycles. The van der Waals surface area contributed by atoms with Crippen molar-refractivity contribution < 1.29 is 9.53 Å². The van der Waals surface area contributed by atoms with Gasteiger partial charge in [0.25, 0.3) is 5.56 Å². The Balaban J connectivity index is 1.48. The fraction of sp³-hybridized carbons (Fsp3) is 0.182. The molecule has 0 amide bonds. The van der Waals surface area contributed by atoms with Gasteiger partial charge >= 0.3 is 5.97 Å². The molecule has 4 heterocycles. The van der Waals surface area contributed by atoms with E-state index in [0.717, 1.165) is 11.4 Å². The van der Waals surface area contributed by atoms with Gasteiger partial charge in [0.15, 0.2) is 23.9 Å². The molecule has 0 saturated heterocycles. The molecule has 5 aromatic rings. The molecule has 11 heteroatoms. The second-order valence-electron chi connectivity index (χ2n) is 7.55. The predicted molar refractivity (Wildman–Crippen MR) is 121 cm³/mol. The Morgan fingerprint density at radius 3 is 2.67 bits per heavy atom. The van der Waals surface area contributed by atoms with Crippen LogP contribution in [0.25, 0.3) is 22.5 Å². The normalized spacial score (nSPS) is 11.4. The monoisotopic (exact) mass is 463 g/mol. The summed E-state index contributed by atoms with van der Waals surface area (Å²) in [7, 11) is 1.61. The molecule has 0 N–H and O–H groups in total. The second kappa shape index (κ2) is 7.82. The minimum Gasteiger partial charge on any atom is -0.453 e. The van der Waals surface area contributed by atoms with Crippen molar-refractivity contribution in [1.82, 2.24) is 33.9 Å². The average molecular weight is 464 g/mol. The van der Waals surface area contributed by atoms with Crippen molar-refractivity contribution in [3.63, 3.8) is 0 Å². The van der Waals surface area contributed by atoms with E-state index >= 15 is 0 Å². The number of pyridine rings is 1. The van der Waals surface area contributed by atoms with Gasteiger partial charge in [-0.25, -0.2) is 14.5 Å². The first-order chi connectivity index (χ1) is 15.8. The highest BCUT2D eigenvalue weighted by atomic mass is 35.5. The molecule has 0 atom stereocenters. The minimum absolute atomic E-state index is 0.0344. The highest BCUT2D eigenvalue weighted by Gasteiger charge is 2.20. The second-order valence-corrected chi connectivity index (χ2v) is 7.96. The van der Waals surface area contributed by atoms with E-state index in [1.807, 2.05) is 26.0 Å². The number of rotatable bonds is 4. The summed E-state index contributed by atoms with van der Waals surface area (Å²) < 4.78 is 10.2. The van der Waals surface area contributed by atoms with Crippen LogP contribution in [0.2, 0.25) is 5.02 Å². The van der Waals surface area contributed by atoms with E-state index < -0.39 is 5.97 Å². The number of ether oxygens (including phenoxy) is 1. The van der Waals surface area contributed by atoms with E-state index in [1.54, 1.807) is 46.5 Å². The van der Waals surface area contributed by atoms with Gasteiger partial charge < -0.3 is 4.74 Å². The van der Waals surface area contributed by atoms with E-state index in [2.05, 4.69) is 20.3 Å². The first-order valence-electron chi connectivity index (χ1n) is 10.0. The standard InChI is InChI=1S/C22H18ClN7O3/c1-12-10-13(2)30(27-12)17-9-8-15(23)19(24-17)21(32)33-11-18-25-26-22-28(3)20(31)14-6-4-5-7-16(14)29(18)22/h4-10H,11H2,1-3H3. The molecule has 0 bridgehead atoms. The number of nitrogens with zero attached hydrogens (tertiary/aromatic N) is 7. The van der Waals surface area contributed by atoms with Crippen LogP contribution in [0.1, 0.15) is 27.7 Å². The molecule has 0 saturated carbocycles. The van der Waals surface area contributed by atoms with Crippen LogP contribution in [-0.2, 0) is 18.4 Å². The van der Waals surface area contributed by atoms with Crippen LogP contribution >= 0.6 is 11.6 Å². The predicted octanol–water partition coefficient (Wildman–Crippen LogP) is 2.79. The molecule has 0 aliphatic heterocycles. The largest absolute Gasteiger partial charge is 0.453 e. The van der Waals surface area contributed by atoms with Crippen LogP contribution in [0.3, 0.4) is 0 Å². The molecule has 4 aromatic heterocycles. The lowest BCUT2D eigenvalue weighted by Gasteiger charge is -2.09. The first-order valence-corrected chi connectivity index (χ1v) is 10.4. The van der Waals surface area contributed by atoms with Gasteiger partial charge in [-0.15, -0.1) is 10.2 Å². The van der Waals surface area contributed by atoms with E-state index in [1.165, 1.54) is 4.57 Å². The van der Waals surface area contributed by atoms with Gasteiger partial charge in [-0.05, 0) is 44.2 Å². The van der Waals surface area contributed by atoms with Crippen LogP contribution < -0.4 is 5.56 Å². The number of carbonyl (C=O) groups is 1. The average Bonchev–Trinajstić information content (AvgIpc) is 3.39. The molecule has 0 aliphatic carbocycles. The zero-order valence-corrected chi connectivity index (χ0v) is 18.7. The summed E-state index contributed by atoms with van der Waals surface area (Å²) >= 11 is 6.23. The van der Waals surface area contributed by atoms with Crippen molar-refractivity contribution in [1.29, 1.82) is 0 Å². The summed E-state index contributed by atoms with van der Waals surface area (Å²) in [5.74, 6) is 0.434. The Kier molecular flexibility index (Phi) is 4.94. The van der Waals surface area contributed by atoms with Crippen LogP contribution in [0.4, 0.5) is 0 Å². The van der Waals surface area contributed by atoms with E-state index in [0.29, 0.717) is 28.3 Å². The lowest BCUT2D eigenvalue weighted by atomic mass is 10.2.